The van der Waals surface area contributed by atoms with Crippen molar-refractivity contribution in [3.05, 3.63) is 71.3 Å². The summed E-state index contributed by atoms with van der Waals surface area (Å²) in [7, 11) is 0. The molecule has 0 unspecified atom stereocenters. The second kappa shape index (κ2) is 13.7. The maximum atomic E-state index is 12.6. The molecule has 1 amide bonds. The number of carbonyl (C=O) groups excluding carboxylic acids is 1. The summed E-state index contributed by atoms with van der Waals surface area (Å²) in [5.74, 6) is 1.10. The molecule has 0 radical (unpaired) electrons. The first kappa shape index (κ1) is 26.5. The Morgan fingerprint density at radius 3 is 2.29 bits per heavy atom. The van der Waals surface area contributed by atoms with Gasteiger partial charge in [-0.1, -0.05) is 54.6 Å². The van der Waals surface area contributed by atoms with Crippen molar-refractivity contribution in [2.24, 2.45) is 4.99 Å². The molecule has 4 rings (SSSR count). The molecule has 0 saturated carbocycles. The molecule has 2 aliphatic heterocycles. The summed E-state index contributed by atoms with van der Waals surface area (Å²) in [6.07, 6.45) is 3.56. The number of hydrogen-bond acceptors (Lipinski definition) is 3. The Balaban J connectivity index is 0.00000324. The van der Waals surface area contributed by atoms with Crippen molar-refractivity contribution in [2.75, 3.05) is 26.2 Å². The SMILES string of the molecule is CCNC(=NCCCC(=O)N1Cc2ccccc2C1)NC1CCN(Cc2ccccc2)CC1.I. The summed E-state index contributed by atoms with van der Waals surface area (Å²) in [4.78, 5) is 21.8. The molecule has 184 valence electrons. The number of halogens is 1. The number of carbonyl (C=O) groups is 1. The summed E-state index contributed by atoms with van der Waals surface area (Å²) >= 11 is 0. The topological polar surface area (TPSA) is 60.0 Å². The van der Waals surface area contributed by atoms with Crippen LogP contribution in [0.5, 0.6) is 0 Å². The quantitative estimate of drug-likeness (QED) is 0.215. The van der Waals surface area contributed by atoms with Gasteiger partial charge in [0, 0.05) is 58.3 Å². The molecule has 6 nitrogen and oxygen atoms in total. The van der Waals surface area contributed by atoms with Crippen LogP contribution in [0, 0.1) is 0 Å². The number of nitrogens with one attached hydrogen (secondary N) is 2. The Labute approximate surface area is 221 Å². The van der Waals surface area contributed by atoms with Gasteiger partial charge < -0.3 is 15.5 Å². The first-order valence-corrected chi connectivity index (χ1v) is 12.4. The number of fused-ring (bicyclic) bond motifs is 1. The van der Waals surface area contributed by atoms with Gasteiger partial charge in [-0.05, 0) is 42.9 Å². The van der Waals surface area contributed by atoms with Crippen LogP contribution in [0.25, 0.3) is 0 Å². The number of aliphatic imine (C=N–C) groups is 1. The molecule has 1 saturated heterocycles. The van der Waals surface area contributed by atoms with Crippen LogP contribution in [0.3, 0.4) is 0 Å². The van der Waals surface area contributed by atoms with E-state index in [1.165, 1.54) is 16.7 Å². The predicted octanol–water partition coefficient (Wildman–Crippen LogP) is 4.15. The minimum atomic E-state index is 0. The standard InChI is InChI=1S/C27H37N5O.HI/c1-2-28-27(30-25-14-17-31(18-15-25)19-22-9-4-3-5-10-22)29-16-8-13-26(33)32-20-23-11-6-7-12-24(23)21-32;/h3-7,9-12,25H,2,8,13-21H2,1H3,(H2,28,29,30);1H. The molecule has 7 heteroatoms. The minimum absolute atomic E-state index is 0. The highest BCUT2D eigenvalue weighted by atomic mass is 127. The molecule has 2 N–H and O–H groups in total. The van der Waals surface area contributed by atoms with Crippen LogP contribution in [0.4, 0.5) is 0 Å². The molecule has 0 spiro atoms. The van der Waals surface area contributed by atoms with Gasteiger partial charge in [0.1, 0.15) is 0 Å². The molecule has 2 aromatic rings. The van der Waals surface area contributed by atoms with Crippen molar-refractivity contribution in [1.29, 1.82) is 0 Å². The van der Waals surface area contributed by atoms with Crippen molar-refractivity contribution in [3.63, 3.8) is 0 Å². The lowest BCUT2D eigenvalue weighted by atomic mass is 10.0. The van der Waals surface area contributed by atoms with E-state index < -0.39 is 0 Å². The van der Waals surface area contributed by atoms with Crippen LogP contribution < -0.4 is 10.6 Å². The molecule has 0 aromatic heterocycles. The van der Waals surface area contributed by atoms with E-state index in [-0.39, 0.29) is 29.9 Å². The molecule has 34 heavy (non-hydrogen) atoms. The van der Waals surface area contributed by atoms with Gasteiger partial charge in [-0.25, -0.2) is 0 Å². The molecular weight excluding hydrogens is 537 g/mol. The fourth-order valence-electron chi connectivity index (χ4n) is 4.68. The lowest BCUT2D eigenvalue weighted by Gasteiger charge is -2.33. The van der Waals surface area contributed by atoms with Gasteiger partial charge in [0.15, 0.2) is 5.96 Å². The molecule has 2 aliphatic rings. The number of nitrogens with zero attached hydrogens (tertiary/aromatic N) is 3. The third-order valence-corrected chi connectivity index (χ3v) is 6.53. The highest BCUT2D eigenvalue weighted by Gasteiger charge is 2.22. The fourth-order valence-corrected chi connectivity index (χ4v) is 4.68. The lowest BCUT2D eigenvalue weighted by molar-refractivity contribution is -0.131. The summed E-state index contributed by atoms with van der Waals surface area (Å²) in [6.45, 7) is 8.29. The van der Waals surface area contributed by atoms with Gasteiger partial charge in [-0.3, -0.25) is 14.7 Å². The Bertz CT molecular complexity index is 903. The molecule has 1 fully saturated rings. The van der Waals surface area contributed by atoms with E-state index in [0.29, 0.717) is 19.0 Å². The monoisotopic (exact) mass is 575 g/mol. The average molecular weight is 576 g/mol. The maximum Gasteiger partial charge on any atom is 0.223 e. The van der Waals surface area contributed by atoms with E-state index in [0.717, 1.165) is 64.5 Å². The van der Waals surface area contributed by atoms with E-state index in [9.17, 15) is 4.79 Å². The fraction of sp³-hybridized carbons (Fsp3) is 0.481. The Kier molecular flexibility index (Phi) is 10.7. The van der Waals surface area contributed by atoms with Crippen LogP contribution in [0.1, 0.15) is 49.3 Å². The van der Waals surface area contributed by atoms with Crippen molar-refractivity contribution >= 4 is 35.8 Å². The van der Waals surface area contributed by atoms with Crippen LogP contribution in [-0.2, 0) is 24.4 Å². The van der Waals surface area contributed by atoms with Gasteiger partial charge in [0.25, 0.3) is 0 Å². The zero-order valence-electron chi connectivity index (χ0n) is 20.2. The normalized spacial score (nSPS) is 16.6. The van der Waals surface area contributed by atoms with Crippen molar-refractivity contribution in [3.8, 4) is 0 Å². The van der Waals surface area contributed by atoms with Gasteiger partial charge in [0.2, 0.25) is 5.91 Å². The number of rotatable bonds is 8. The van der Waals surface area contributed by atoms with Crippen molar-refractivity contribution in [2.45, 2.75) is 58.3 Å². The lowest BCUT2D eigenvalue weighted by Crippen LogP contribution is -2.48. The van der Waals surface area contributed by atoms with Crippen molar-refractivity contribution < 1.29 is 4.79 Å². The van der Waals surface area contributed by atoms with Crippen LogP contribution in [0.15, 0.2) is 59.6 Å². The second-order valence-corrected chi connectivity index (χ2v) is 9.06. The van der Waals surface area contributed by atoms with Crippen LogP contribution >= 0.6 is 24.0 Å². The number of guanidine groups is 1. The first-order valence-electron chi connectivity index (χ1n) is 12.4. The van der Waals surface area contributed by atoms with E-state index in [1.54, 1.807) is 0 Å². The highest BCUT2D eigenvalue weighted by molar-refractivity contribution is 14.0. The maximum absolute atomic E-state index is 12.6. The van der Waals surface area contributed by atoms with E-state index >= 15 is 0 Å². The zero-order chi connectivity index (χ0) is 22.9. The van der Waals surface area contributed by atoms with E-state index in [1.807, 2.05) is 17.0 Å². The highest BCUT2D eigenvalue weighted by Crippen LogP contribution is 2.23. The van der Waals surface area contributed by atoms with Gasteiger partial charge in [-0.15, -0.1) is 24.0 Å². The van der Waals surface area contributed by atoms with E-state index in [2.05, 4.69) is 64.9 Å². The third kappa shape index (κ3) is 7.70. The number of benzene rings is 2. The molecule has 0 bridgehead atoms. The Morgan fingerprint density at radius 2 is 1.65 bits per heavy atom. The predicted molar refractivity (Wildman–Crippen MR) is 149 cm³/mol. The molecule has 2 heterocycles. The summed E-state index contributed by atoms with van der Waals surface area (Å²) < 4.78 is 0. The van der Waals surface area contributed by atoms with Crippen LogP contribution in [0.2, 0.25) is 0 Å². The smallest absolute Gasteiger partial charge is 0.223 e. The van der Waals surface area contributed by atoms with Crippen molar-refractivity contribution in [1.82, 2.24) is 20.4 Å². The number of hydrogen-bond donors (Lipinski definition) is 2. The number of likely N-dealkylation sites (tertiary alicyclic amines) is 1. The largest absolute Gasteiger partial charge is 0.357 e. The van der Waals surface area contributed by atoms with E-state index in [4.69, 9.17) is 4.99 Å². The third-order valence-electron chi connectivity index (χ3n) is 6.53. The van der Waals surface area contributed by atoms with Gasteiger partial charge in [-0.2, -0.15) is 0 Å². The molecule has 0 atom stereocenters. The summed E-state index contributed by atoms with van der Waals surface area (Å²) in [5, 5.41) is 6.98. The molecular formula is C27H38IN5O. The second-order valence-electron chi connectivity index (χ2n) is 9.06. The van der Waals surface area contributed by atoms with Crippen LogP contribution in [-0.4, -0.2) is 53.9 Å². The average Bonchev–Trinajstić information content (AvgIpc) is 3.28. The summed E-state index contributed by atoms with van der Waals surface area (Å²) in [5.41, 5.74) is 3.93. The minimum Gasteiger partial charge on any atom is -0.357 e. The number of amides is 1. The first-order chi connectivity index (χ1) is 16.2. The Hall–Kier alpha value is -2.13. The number of piperidine rings is 1. The Morgan fingerprint density at radius 1 is 1.00 bits per heavy atom. The molecule has 2 aromatic carbocycles. The van der Waals surface area contributed by atoms with Gasteiger partial charge in [0.05, 0.1) is 0 Å². The van der Waals surface area contributed by atoms with Gasteiger partial charge >= 0.3 is 0 Å². The molecule has 0 aliphatic carbocycles. The zero-order valence-corrected chi connectivity index (χ0v) is 22.5. The summed E-state index contributed by atoms with van der Waals surface area (Å²) in [6, 6.07) is 19.5.